The van der Waals surface area contributed by atoms with Crippen LogP contribution in [-0.2, 0) is 13.0 Å². The van der Waals surface area contributed by atoms with Gasteiger partial charge in [-0.25, -0.2) is 0 Å². The van der Waals surface area contributed by atoms with E-state index in [9.17, 15) is 0 Å². The lowest BCUT2D eigenvalue weighted by Crippen LogP contribution is -2.33. The Balaban J connectivity index is 1.34. The molecule has 5 rings (SSSR count). The number of hydrogen-bond acceptors (Lipinski definition) is 2. The van der Waals surface area contributed by atoms with Crippen LogP contribution in [0.5, 0.6) is 0 Å². The Morgan fingerprint density at radius 2 is 1.48 bits per heavy atom. The summed E-state index contributed by atoms with van der Waals surface area (Å²) in [5.74, 6) is 0. The van der Waals surface area contributed by atoms with Gasteiger partial charge >= 0.3 is 0 Å². The lowest BCUT2D eigenvalue weighted by atomic mass is 10.1. The summed E-state index contributed by atoms with van der Waals surface area (Å²) < 4.78 is 4.28. The predicted octanol–water partition coefficient (Wildman–Crippen LogP) is 4.47. The molecule has 0 atom stereocenters. The van der Waals surface area contributed by atoms with Gasteiger partial charge in [-0.05, 0) is 41.8 Å². The number of aromatic nitrogens is 4. The van der Waals surface area contributed by atoms with Crippen LogP contribution >= 0.6 is 0 Å². The zero-order valence-electron chi connectivity index (χ0n) is 17.5. The molecule has 150 valence electrons. The number of fused-ring (bicyclic) bond motifs is 1. The van der Waals surface area contributed by atoms with Gasteiger partial charge in [0.15, 0.2) is 31.3 Å². The second-order valence-electron chi connectivity index (χ2n) is 7.61. The molecule has 0 bridgehead atoms. The highest BCUT2D eigenvalue weighted by atomic mass is 15.0. The zero-order chi connectivity index (χ0) is 21.0. The minimum absolute atomic E-state index is 0.777. The highest BCUT2D eigenvalue weighted by Gasteiger charge is 2.10. The molecule has 0 fully saturated rings. The van der Waals surface area contributed by atoms with Crippen molar-refractivity contribution >= 4 is 10.9 Å². The van der Waals surface area contributed by atoms with Gasteiger partial charge in [0.1, 0.15) is 5.69 Å². The van der Waals surface area contributed by atoms with E-state index in [-0.39, 0.29) is 0 Å². The van der Waals surface area contributed by atoms with Crippen LogP contribution in [0.4, 0.5) is 0 Å². The van der Waals surface area contributed by atoms with Crippen LogP contribution in [0.1, 0.15) is 18.3 Å². The van der Waals surface area contributed by atoms with Crippen molar-refractivity contribution in [3.63, 3.8) is 0 Å². The summed E-state index contributed by atoms with van der Waals surface area (Å²) in [6, 6.07) is 25.2. The first-order chi connectivity index (χ1) is 15.3. The molecule has 0 amide bonds. The van der Waals surface area contributed by atoms with E-state index in [0.717, 1.165) is 40.9 Å². The number of hydrogen-bond donors (Lipinski definition) is 0. The van der Waals surface area contributed by atoms with Crippen LogP contribution in [0.2, 0.25) is 0 Å². The van der Waals surface area contributed by atoms with Gasteiger partial charge in [-0.2, -0.15) is 9.13 Å². The average Bonchev–Trinajstić information content (AvgIpc) is 2.84. The molecule has 0 saturated heterocycles. The van der Waals surface area contributed by atoms with E-state index >= 15 is 0 Å². The Bertz CT molecular complexity index is 1330. The SMILES string of the molecule is CCc1cccc(C[n+]2ccc(-c3cc[n+](-c4ccc5cccnc5c4)cc3)cc2)n1. The molecule has 5 aromatic rings. The molecule has 4 nitrogen and oxygen atoms in total. The third-order valence-electron chi connectivity index (χ3n) is 5.51. The molecule has 0 aliphatic heterocycles. The normalized spacial score (nSPS) is 11.0. The van der Waals surface area contributed by atoms with Gasteiger partial charge in [0.2, 0.25) is 5.69 Å². The van der Waals surface area contributed by atoms with Crippen LogP contribution in [0.3, 0.4) is 0 Å². The first-order valence-electron chi connectivity index (χ1n) is 10.6. The Labute approximate surface area is 182 Å². The van der Waals surface area contributed by atoms with E-state index in [2.05, 4.69) is 113 Å². The van der Waals surface area contributed by atoms with Crippen molar-refractivity contribution in [2.75, 3.05) is 0 Å². The summed E-state index contributed by atoms with van der Waals surface area (Å²) in [6.45, 7) is 2.91. The first-order valence-corrected chi connectivity index (χ1v) is 10.6. The van der Waals surface area contributed by atoms with Gasteiger partial charge in [0.05, 0.1) is 5.52 Å². The average molecular weight is 405 g/mol. The molecule has 31 heavy (non-hydrogen) atoms. The lowest BCUT2D eigenvalue weighted by molar-refractivity contribution is -0.688. The minimum atomic E-state index is 0.777. The van der Waals surface area contributed by atoms with Crippen LogP contribution in [0.15, 0.2) is 104 Å². The largest absolute Gasteiger partial charge is 0.256 e. The quantitative estimate of drug-likeness (QED) is 0.405. The van der Waals surface area contributed by atoms with Crippen molar-refractivity contribution in [2.24, 2.45) is 0 Å². The van der Waals surface area contributed by atoms with E-state index < -0.39 is 0 Å². The fourth-order valence-corrected chi connectivity index (χ4v) is 3.76. The van der Waals surface area contributed by atoms with Crippen molar-refractivity contribution in [1.82, 2.24) is 9.97 Å². The molecule has 0 spiro atoms. The van der Waals surface area contributed by atoms with Gasteiger partial charge in [0.25, 0.3) is 0 Å². The first kappa shape index (κ1) is 19.1. The van der Waals surface area contributed by atoms with E-state index in [4.69, 9.17) is 4.98 Å². The van der Waals surface area contributed by atoms with Crippen molar-refractivity contribution in [3.05, 3.63) is 115 Å². The number of aryl methyl sites for hydroxylation is 1. The van der Waals surface area contributed by atoms with Gasteiger partial charge in [-0.15, -0.1) is 0 Å². The summed E-state index contributed by atoms with van der Waals surface area (Å²) in [7, 11) is 0. The fourth-order valence-electron chi connectivity index (χ4n) is 3.76. The number of rotatable bonds is 5. The van der Waals surface area contributed by atoms with Crippen molar-refractivity contribution in [3.8, 4) is 16.8 Å². The van der Waals surface area contributed by atoms with E-state index in [0.29, 0.717) is 0 Å². The Kier molecular flexibility index (Phi) is 5.19. The van der Waals surface area contributed by atoms with Crippen LogP contribution < -0.4 is 9.13 Å². The minimum Gasteiger partial charge on any atom is -0.256 e. The molecular weight excluding hydrogens is 380 g/mol. The molecule has 0 aliphatic rings. The highest BCUT2D eigenvalue weighted by molar-refractivity contribution is 5.79. The maximum Gasteiger partial charge on any atom is 0.212 e. The topological polar surface area (TPSA) is 33.5 Å². The van der Waals surface area contributed by atoms with Crippen LogP contribution in [0.25, 0.3) is 27.7 Å². The molecule has 4 heterocycles. The Morgan fingerprint density at radius 3 is 2.26 bits per heavy atom. The second kappa shape index (κ2) is 8.44. The number of nitrogens with zero attached hydrogens (tertiary/aromatic N) is 4. The zero-order valence-corrected chi connectivity index (χ0v) is 17.5. The third-order valence-corrected chi connectivity index (χ3v) is 5.51. The van der Waals surface area contributed by atoms with Gasteiger partial charge < -0.3 is 0 Å². The summed E-state index contributed by atoms with van der Waals surface area (Å²) in [6.07, 6.45) is 11.2. The standard InChI is InChI=1S/C27H24N4/c1-2-24-6-3-7-25(29-24)20-30-15-10-21(11-16-30)22-12-17-31(18-13-22)26-9-8-23-5-4-14-28-27(23)19-26/h3-19H,2,20H2,1H3/q+2. The maximum atomic E-state index is 4.70. The predicted molar refractivity (Wildman–Crippen MR) is 122 cm³/mol. The molecular formula is C27H24N4+2. The van der Waals surface area contributed by atoms with E-state index in [1.165, 1.54) is 11.1 Å². The van der Waals surface area contributed by atoms with Crippen molar-refractivity contribution in [1.29, 1.82) is 0 Å². The molecule has 0 radical (unpaired) electrons. The summed E-state index contributed by atoms with van der Waals surface area (Å²) in [5, 5.41) is 1.15. The van der Waals surface area contributed by atoms with E-state index in [1.807, 2.05) is 12.3 Å². The van der Waals surface area contributed by atoms with Gasteiger partial charge in [0, 0.05) is 53.7 Å². The number of pyridine rings is 4. The Hall–Kier alpha value is -3.92. The van der Waals surface area contributed by atoms with Gasteiger partial charge in [-0.3, -0.25) is 9.97 Å². The summed E-state index contributed by atoms with van der Waals surface area (Å²) in [4.78, 5) is 9.16. The summed E-state index contributed by atoms with van der Waals surface area (Å²) in [5.41, 5.74) is 6.71. The molecule has 0 N–H and O–H groups in total. The molecule has 4 aromatic heterocycles. The second-order valence-corrected chi connectivity index (χ2v) is 7.61. The fraction of sp³-hybridized carbons (Fsp3) is 0.111. The highest BCUT2D eigenvalue weighted by Crippen LogP contribution is 2.17. The van der Waals surface area contributed by atoms with Crippen molar-refractivity contribution in [2.45, 2.75) is 19.9 Å². The molecule has 0 unspecified atom stereocenters. The smallest absolute Gasteiger partial charge is 0.212 e. The maximum absolute atomic E-state index is 4.70. The van der Waals surface area contributed by atoms with Crippen LogP contribution in [-0.4, -0.2) is 9.97 Å². The molecule has 1 aromatic carbocycles. The van der Waals surface area contributed by atoms with Gasteiger partial charge in [-0.1, -0.05) is 19.1 Å². The van der Waals surface area contributed by atoms with E-state index in [1.54, 1.807) is 0 Å². The Morgan fingerprint density at radius 1 is 0.742 bits per heavy atom. The molecule has 0 aliphatic carbocycles. The van der Waals surface area contributed by atoms with Crippen molar-refractivity contribution < 1.29 is 9.13 Å². The lowest BCUT2D eigenvalue weighted by Gasteiger charge is -2.03. The molecule has 4 heteroatoms. The third kappa shape index (κ3) is 4.19. The summed E-state index contributed by atoms with van der Waals surface area (Å²) >= 11 is 0. The van der Waals surface area contributed by atoms with Crippen LogP contribution in [0, 0.1) is 0 Å². The number of benzene rings is 1. The molecule has 0 saturated carbocycles. The monoisotopic (exact) mass is 404 g/mol.